The molecule has 22 heavy (non-hydrogen) atoms. The second-order valence-electron chi connectivity index (χ2n) is 5.68. The molecule has 3 rings (SSSR count). The average Bonchev–Trinajstić information content (AvgIpc) is 3.13. The molecule has 0 saturated carbocycles. The van der Waals surface area contributed by atoms with Crippen molar-refractivity contribution in [3.8, 4) is 0 Å². The second kappa shape index (κ2) is 6.32. The molecule has 1 atom stereocenters. The van der Waals surface area contributed by atoms with Gasteiger partial charge in [0.1, 0.15) is 6.10 Å². The Bertz CT molecular complexity index is 658. The summed E-state index contributed by atoms with van der Waals surface area (Å²) in [6.45, 7) is 5.26. The number of carbonyl (C=O) groups excluding carboxylic acids is 1. The molecule has 1 fully saturated rings. The second-order valence-corrected chi connectivity index (χ2v) is 5.68. The van der Waals surface area contributed by atoms with Gasteiger partial charge >= 0.3 is 0 Å². The van der Waals surface area contributed by atoms with Crippen LogP contribution in [0.25, 0.3) is 0 Å². The van der Waals surface area contributed by atoms with Gasteiger partial charge in [-0.1, -0.05) is 30.3 Å². The zero-order valence-electron chi connectivity index (χ0n) is 13.0. The van der Waals surface area contributed by atoms with Crippen molar-refractivity contribution in [2.24, 2.45) is 0 Å². The fraction of sp³-hybridized carbons (Fsp3) is 0.412. The maximum absolute atomic E-state index is 12.2. The van der Waals surface area contributed by atoms with Crippen LogP contribution in [0, 0.1) is 13.8 Å². The van der Waals surface area contributed by atoms with E-state index in [0.29, 0.717) is 13.2 Å². The van der Waals surface area contributed by atoms with Gasteiger partial charge in [0.15, 0.2) is 0 Å². The van der Waals surface area contributed by atoms with E-state index in [1.165, 1.54) is 5.56 Å². The molecule has 0 bridgehead atoms. The van der Waals surface area contributed by atoms with Gasteiger partial charge in [0.2, 0.25) is 0 Å². The molecule has 0 unspecified atom stereocenters. The van der Waals surface area contributed by atoms with Gasteiger partial charge in [-0.25, -0.2) is 0 Å². The number of aryl methyl sites for hydroxylation is 1. The van der Waals surface area contributed by atoms with Gasteiger partial charge in [-0.05, 0) is 32.3 Å². The highest BCUT2D eigenvalue weighted by Crippen LogP contribution is 2.22. The maximum Gasteiger partial charge on any atom is 0.253 e. The summed E-state index contributed by atoms with van der Waals surface area (Å²) in [5, 5.41) is 7.53. The lowest BCUT2D eigenvalue weighted by Crippen LogP contribution is -2.27. The van der Waals surface area contributed by atoms with E-state index in [-0.39, 0.29) is 12.0 Å². The molecular formula is C17H21N3O2. The van der Waals surface area contributed by atoms with Crippen molar-refractivity contribution in [2.75, 3.05) is 11.9 Å². The number of anilines is 1. The van der Waals surface area contributed by atoms with Gasteiger partial charge < -0.3 is 10.1 Å². The molecular weight excluding hydrogens is 278 g/mol. The molecule has 2 heterocycles. The van der Waals surface area contributed by atoms with Crippen molar-refractivity contribution in [2.45, 2.75) is 39.3 Å². The highest BCUT2D eigenvalue weighted by molar-refractivity contribution is 5.95. The molecule has 0 aliphatic carbocycles. The summed E-state index contributed by atoms with van der Waals surface area (Å²) in [6.07, 6.45) is 1.42. The minimum absolute atomic E-state index is 0.0667. The number of rotatable bonds is 4. The number of nitrogens with one attached hydrogen (secondary N) is 1. The summed E-state index contributed by atoms with van der Waals surface area (Å²) in [5.74, 6) is -0.0667. The van der Waals surface area contributed by atoms with E-state index in [1.54, 1.807) is 0 Å². The summed E-state index contributed by atoms with van der Waals surface area (Å²) < 4.78 is 7.36. The molecule has 2 aromatic rings. The topological polar surface area (TPSA) is 56.2 Å². The Morgan fingerprint density at radius 3 is 2.82 bits per heavy atom. The van der Waals surface area contributed by atoms with E-state index >= 15 is 0 Å². The monoisotopic (exact) mass is 299 g/mol. The predicted octanol–water partition coefficient (Wildman–Crippen LogP) is 2.67. The highest BCUT2D eigenvalue weighted by Gasteiger charge is 2.25. The molecule has 116 valence electrons. The Labute approximate surface area is 130 Å². The van der Waals surface area contributed by atoms with Crippen LogP contribution in [0.1, 0.15) is 29.8 Å². The van der Waals surface area contributed by atoms with Crippen molar-refractivity contribution in [1.82, 2.24) is 9.78 Å². The van der Waals surface area contributed by atoms with Gasteiger partial charge in [-0.3, -0.25) is 9.48 Å². The lowest BCUT2D eigenvalue weighted by Gasteiger charge is -2.11. The molecule has 1 amide bonds. The standard InChI is InChI=1S/C17H21N3O2/c1-12-16(18-17(21)15-9-6-10-22-15)13(2)20(19-12)11-14-7-4-3-5-8-14/h3-5,7-8,15H,6,9-11H2,1-2H3,(H,18,21)/t15-/m0/s1. The quantitative estimate of drug-likeness (QED) is 0.944. The largest absolute Gasteiger partial charge is 0.368 e. The molecule has 1 N–H and O–H groups in total. The van der Waals surface area contributed by atoms with Crippen LogP contribution in [-0.2, 0) is 16.1 Å². The highest BCUT2D eigenvalue weighted by atomic mass is 16.5. The molecule has 1 saturated heterocycles. The van der Waals surface area contributed by atoms with E-state index in [2.05, 4.69) is 22.5 Å². The SMILES string of the molecule is Cc1nn(Cc2ccccc2)c(C)c1NC(=O)[C@@H]1CCCO1. The Hall–Kier alpha value is -2.14. The molecule has 5 nitrogen and oxygen atoms in total. The minimum Gasteiger partial charge on any atom is -0.368 e. The van der Waals surface area contributed by atoms with Crippen molar-refractivity contribution >= 4 is 11.6 Å². The first-order chi connectivity index (χ1) is 10.6. The third kappa shape index (κ3) is 3.04. The third-order valence-electron chi connectivity index (χ3n) is 4.03. The molecule has 1 aromatic carbocycles. The van der Waals surface area contributed by atoms with Crippen LogP contribution in [0.3, 0.4) is 0 Å². The van der Waals surface area contributed by atoms with Crippen LogP contribution < -0.4 is 5.32 Å². The predicted molar refractivity (Wildman–Crippen MR) is 84.8 cm³/mol. The van der Waals surface area contributed by atoms with Crippen LogP contribution >= 0.6 is 0 Å². The number of hydrogen-bond acceptors (Lipinski definition) is 3. The summed E-state index contributed by atoms with van der Waals surface area (Å²) in [5.41, 5.74) is 3.79. The number of ether oxygens (including phenoxy) is 1. The van der Waals surface area contributed by atoms with Gasteiger partial charge in [0.05, 0.1) is 23.6 Å². The number of carbonyl (C=O) groups is 1. The summed E-state index contributed by atoms with van der Waals surface area (Å²) in [7, 11) is 0. The summed E-state index contributed by atoms with van der Waals surface area (Å²) >= 11 is 0. The van der Waals surface area contributed by atoms with E-state index < -0.39 is 0 Å². The zero-order valence-corrected chi connectivity index (χ0v) is 13.0. The van der Waals surface area contributed by atoms with Crippen molar-refractivity contribution in [3.63, 3.8) is 0 Å². The van der Waals surface area contributed by atoms with Gasteiger partial charge in [-0.2, -0.15) is 5.10 Å². The Morgan fingerprint density at radius 2 is 2.14 bits per heavy atom. The van der Waals surface area contributed by atoms with E-state index in [1.807, 2.05) is 36.7 Å². The van der Waals surface area contributed by atoms with Crippen LogP contribution in [0.15, 0.2) is 30.3 Å². The first-order valence-corrected chi connectivity index (χ1v) is 7.65. The summed E-state index contributed by atoms with van der Waals surface area (Å²) in [4.78, 5) is 12.2. The average molecular weight is 299 g/mol. The maximum atomic E-state index is 12.2. The number of aromatic nitrogens is 2. The zero-order chi connectivity index (χ0) is 15.5. The summed E-state index contributed by atoms with van der Waals surface area (Å²) in [6, 6.07) is 10.2. The minimum atomic E-state index is -0.323. The van der Waals surface area contributed by atoms with Crippen LogP contribution in [0.4, 0.5) is 5.69 Å². The van der Waals surface area contributed by atoms with E-state index in [4.69, 9.17) is 4.74 Å². The Balaban J connectivity index is 1.76. The van der Waals surface area contributed by atoms with Gasteiger partial charge in [0.25, 0.3) is 5.91 Å². The van der Waals surface area contributed by atoms with Crippen molar-refractivity contribution in [1.29, 1.82) is 0 Å². The fourth-order valence-electron chi connectivity index (χ4n) is 2.78. The molecule has 1 aliphatic heterocycles. The normalized spacial score (nSPS) is 17.6. The van der Waals surface area contributed by atoms with Crippen molar-refractivity contribution < 1.29 is 9.53 Å². The lowest BCUT2D eigenvalue weighted by molar-refractivity contribution is -0.124. The molecule has 1 aromatic heterocycles. The van der Waals surface area contributed by atoms with E-state index in [9.17, 15) is 4.79 Å². The Morgan fingerprint density at radius 1 is 1.36 bits per heavy atom. The van der Waals surface area contributed by atoms with Crippen LogP contribution in [-0.4, -0.2) is 28.4 Å². The molecule has 0 radical (unpaired) electrons. The first kappa shape index (κ1) is 14.8. The van der Waals surface area contributed by atoms with Crippen molar-refractivity contribution in [3.05, 3.63) is 47.3 Å². The van der Waals surface area contributed by atoms with E-state index in [0.717, 1.165) is 29.9 Å². The fourth-order valence-corrected chi connectivity index (χ4v) is 2.78. The number of benzene rings is 1. The molecule has 1 aliphatic rings. The smallest absolute Gasteiger partial charge is 0.253 e. The van der Waals surface area contributed by atoms with Crippen LogP contribution in [0.2, 0.25) is 0 Å². The third-order valence-corrected chi connectivity index (χ3v) is 4.03. The Kier molecular flexibility index (Phi) is 4.24. The van der Waals surface area contributed by atoms with Gasteiger partial charge in [-0.15, -0.1) is 0 Å². The number of hydrogen-bond donors (Lipinski definition) is 1. The first-order valence-electron chi connectivity index (χ1n) is 7.65. The van der Waals surface area contributed by atoms with Gasteiger partial charge in [0, 0.05) is 6.61 Å². The lowest BCUT2D eigenvalue weighted by atomic mass is 10.2. The van der Waals surface area contributed by atoms with Crippen LogP contribution in [0.5, 0.6) is 0 Å². The number of nitrogens with zero attached hydrogens (tertiary/aromatic N) is 2. The molecule has 5 heteroatoms. The molecule has 0 spiro atoms. The number of amides is 1.